The first-order chi connectivity index (χ1) is 9.81. The number of allylic oxidation sites excluding steroid dienone is 1. The molecule has 0 aromatic carbocycles. The molecule has 6 unspecified atom stereocenters. The Bertz CT molecular complexity index is 542. The number of hydrogen-bond acceptors (Lipinski definition) is 5. The molecule has 21 heavy (non-hydrogen) atoms. The first-order valence-electron chi connectivity index (χ1n) is 7.05. The molecule has 0 amide bonds. The van der Waals surface area contributed by atoms with E-state index < -0.39 is 29.7 Å². The minimum absolute atomic E-state index is 0.0832. The predicted octanol–water partition coefficient (Wildman–Crippen LogP) is 1.29. The lowest BCUT2D eigenvalue weighted by Crippen LogP contribution is -2.49. The van der Waals surface area contributed by atoms with Crippen LogP contribution >= 0.6 is 11.6 Å². The normalized spacial score (nSPS) is 46.2. The van der Waals surface area contributed by atoms with E-state index in [2.05, 4.69) is 6.58 Å². The molecule has 6 atom stereocenters. The quantitative estimate of drug-likeness (QED) is 0.386. The van der Waals surface area contributed by atoms with Crippen LogP contribution in [0.25, 0.3) is 0 Å². The molecule has 5 nitrogen and oxygen atoms in total. The monoisotopic (exact) mass is 314 g/mol. The number of carbonyl (C=O) groups excluding carboxylic acids is 1. The van der Waals surface area contributed by atoms with Crippen LogP contribution in [-0.4, -0.2) is 45.0 Å². The van der Waals surface area contributed by atoms with Crippen LogP contribution in [0.3, 0.4) is 0 Å². The molecule has 1 saturated carbocycles. The van der Waals surface area contributed by atoms with Gasteiger partial charge in [0.05, 0.1) is 23.7 Å². The summed E-state index contributed by atoms with van der Waals surface area (Å²) in [4.78, 5) is 12.0. The second kappa shape index (κ2) is 4.73. The highest BCUT2D eigenvalue weighted by molar-refractivity contribution is 6.20. The Labute approximate surface area is 127 Å². The highest BCUT2D eigenvalue weighted by Crippen LogP contribution is 2.53. The highest BCUT2D eigenvalue weighted by Gasteiger charge is 2.63. The summed E-state index contributed by atoms with van der Waals surface area (Å²) in [5.74, 6) is -2.01. The average molecular weight is 315 g/mol. The summed E-state index contributed by atoms with van der Waals surface area (Å²) in [6.45, 7) is 5.79. The second-order valence-electron chi connectivity index (χ2n) is 6.35. The van der Waals surface area contributed by atoms with Crippen molar-refractivity contribution in [2.75, 3.05) is 5.88 Å². The standard InChI is InChI=1S/C15H19ClO5/c1-6-3-10(18)12-13(21-14(19)15(12,20)5-16)11-7(2)9(17)4-8(6)11/h8,10-13,17-18,20H,1,3-5H2,2H3. The van der Waals surface area contributed by atoms with E-state index in [0.717, 1.165) is 11.1 Å². The molecule has 0 bridgehead atoms. The van der Waals surface area contributed by atoms with Gasteiger partial charge < -0.3 is 20.1 Å². The lowest BCUT2D eigenvalue weighted by Gasteiger charge is -2.30. The molecule has 0 spiro atoms. The van der Waals surface area contributed by atoms with Crippen molar-refractivity contribution >= 4 is 17.6 Å². The van der Waals surface area contributed by atoms with E-state index in [1.165, 1.54) is 0 Å². The topological polar surface area (TPSA) is 87.0 Å². The molecule has 1 heterocycles. The van der Waals surface area contributed by atoms with Crippen molar-refractivity contribution in [3.8, 4) is 0 Å². The van der Waals surface area contributed by atoms with E-state index in [0.29, 0.717) is 6.42 Å². The third kappa shape index (κ3) is 1.87. The van der Waals surface area contributed by atoms with Gasteiger partial charge >= 0.3 is 5.97 Å². The molecule has 0 aromatic rings. The van der Waals surface area contributed by atoms with Crippen molar-refractivity contribution in [2.45, 2.75) is 37.6 Å². The summed E-state index contributed by atoms with van der Waals surface area (Å²) < 4.78 is 5.38. The number of halogens is 1. The van der Waals surface area contributed by atoms with E-state index in [9.17, 15) is 20.1 Å². The van der Waals surface area contributed by atoms with Crippen molar-refractivity contribution in [3.05, 3.63) is 23.5 Å². The SMILES string of the molecule is C=C1CC(O)C2C(OC(=O)C2(O)CCl)C2C(C)=C(O)CC12. The van der Waals surface area contributed by atoms with Gasteiger partial charge in [-0.3, -0.25) is 0 Å². The molecule has 0 aromatic heterocycles. The van der Waals surface area contributed by atoms with Gasteiger partial charge in [0.2, 0.25) is 0 Å². The Balaban J connectivity index is 2.09. The van der Waals surface area contributed by atoms with Crippen LogP contribution in [0.1, 0.15) is 19.8 Å². The number of fused-ring (bicyclic) bond motifs is 3. The zero-order chi connectivity index (χ0) is 15.5. The Morgan fingerprint density at radius 1 is 1.48 bits per heavy atom. The minimum atomic E-state index is -1.89. The van der Waals surface area contributed by atoms with E-state index in [-0.39, 0.29) is 29.9 Å². The van der Waals surface area contributed by atoms with Crippen LogP contribution in [0.4, 0.5) is 0 Å². The summed E-state index contributed by atoms with van der Waals surface area (Å²) in [6, 6.07) is 0. The molecule has 116 valence electrons. The molecule has 2 fully saturated rings. The maximum absolute atomic E-state index is 12.0. The van der Waals surface area contributed by atoms with Crippen molar-refractivity contribution < 1.29 is 24.9 Å². The molecule has 3 rings (SSSR count). The number of esters is 1. The van der Waals surface area contributed by atoms with Crippen LogP contribution in [0.5, 0.6) is 0 Å². The summed E-state index contributed by atoms with van der Waals surface area (Å²) in [5.41, 5.74) is -0.352. The van der Waals surface area contributed by atoms with Crippen LogP contribution in [0.2, 0.25) is 0 Å². The third-order valence-electron chi connectivity index (χ3n) is 5.27. The van der Waals surface area contributed by atoms with Crippen molar-refractivity contribution in [1.82, 2.24) is 0 Å². The molecular formula is C15H19ClO5. The minimum Gasteiger partial charge on any atom is -0.512 e. The van der Waals surface area contributed by atoms with Crippen LogP contribution in [0.15, 0.2) is 23.5 Å². The number of aliphatic hydroxyl groups is 3. The van der Waals surface area contributed by atoms with Crippen LogP contribution in [-0.2, 0) is 9.53 Å². The largest absolute Gasteiger partial charge is 0.512 e. The number of aliphatic hydroxyl groups excluding tert-OH is 2. The molecule has 0 radical (unpaired) electrons. The fourth-order valence-electron chi connectivity index (χ4n) is 4.10. The zero-order valence-electron chi connectivity index (χ0n) is 11.8. The molecule has 1 aliphatic heterocycles. The van der Waals surface area contributed by atoms with Gasteiger partial charge in [0.15, 0.2) is 5.60 Å². The van der Waals surface area contributed by atoms with Gasteiger partial charge in [-0.1, -0.05) is 12.2 Å². The molecular weight excluding hydrogens is 296 g/mol. The molecule has 1 saturated heterocycles. The number of rotatable bonds is 1. The van der Waals surface area contributed by atoms with Crippen molar-refractivity contribution in [3.63, 3.8) is 0 Å². The van der Waals surface area contributed by atoms with E-state index in [4.69, 9.17) is 16.3 Å². The fourth-order valence-corrected chi connectivity index (χ4v) is 4.38. The van der Waals surface area contributed by atoms with Gasteiger partial charge in [-0.25, -0.2) is 4.79 Å². The van der Waals surface area contributed by atoms with Crippen LogP contribution < -0.4 is 0 Å². The molecule has 2 aliphatic carbocycles. The molecule has 6 heteroatoms. The number of carbonyl (C=O) groups is 1. The van der Waals surface area contributed by atoms with Gasteiger partial charge in [0, 0.05) is 12.3 Å². The van der Waals surface area contributed by atoms with Crippen molar-refractivity contribution in [2.24, 2.45) is 17.8 Å². The second-order valence-corrected chi connectivity index (χ2v) is 6.62. The molecule has 3 N–H and O–H groups in total. The zero-order valence-corrected chi connectivity index (χ0v) is 12.5. The van der Waals surface area contributed by atoms with Gasteiger partial charge in [0.1, 0.15) is 6.10 Å². The number of alkyl halides is 1. The van der Waals surface area contributed by atoms with Gasteiger partial charge in [-0.2, -0.15) is 0 Å². The first-order valence-corrected chi connectivity index (χ1v) is 7.58. The Hall–Kier alpha value is -1.04. The molecule has 3 aliphatic rings. The Morgan fingerprint density at radius 3 is 2.76 bits per heavy atom. The maximum Gasteiger partial charge on any atom is 0.340 e. The predicted molar refractivity (Wildman–Crippen MR) is 75.7 cm³/mol. The first kappa shape index (κ1) is 14.9. The van der Waals surface area contributed by atoms with Gasteiger partial charge in [-0.15, -0.1) is 11.6 Å². The fraction of sp³-hybridized carbons (Fsp3) is 0.667. The van der Waals surface area contributed by atoms with Gasteiger partial charge in [0.25, 0.3) is 0 Å². The summed E-state index contributed by atoms with van der Waals surface area (Å²) in [7, 11) is 0. The van der Waals surface area contributed by atoms with E-state index in [1.807, 2.05) is 0 Å². The summed E-state index contributed by atoms with van der Waals surface area (Å²) in [6.07, 6.45) is -0.940. The number of hydrogen-bond donors (Lipinski definition) is 3. The maximum atomic E-state index is 12.0. The van der Waals surface area contributed by atoms with Crippen molar-refractivity contribution in [1.29, 1.82) is 0 Å². The Morgan fingerprint density at radius 2 is 2.14 bits per heavy atom. The average Bonchev–Trinajstić information content (AvgIpc) is 2.82. The lowest BCUT2D eigenvalue weighted by atomic mass is 9.76. The smallest absolute Gasteiger partial charge is 0.340 e. The summed E-state index contributed by atoms with van der Waals surface area (Å²) in [5, 5.41) is 31.0. The van der Waals surface area contributed by atoms with E-state index >= 15 is 0 Å². The highest BCUT2D eigenvalue weighted by atomic mass is 35.5. The third-order valence-corrected chi connectivity index (χ3v) is 5.68. The number of ether oxygens (including phenoxy) is 1. The van der Waals surface area contributed by atoms with E-state index in [1.54, 1.807) is 6.92 Å². The van der Waals surface area contributed by atoms with Crippen LogP contribution in [0, 0.1) is 17.8 Å². The lowest BCUT2D eigenvalue weighted by molar-refractivity contribution is -0.155. The Kier molecular flexibility index (Phi) is 3.35. The van der Waals surface area contributed by atoms with Gasteiger partial charge in [-0.05, 0) is 24.8 Å². The summed E-state index contributed by atoms with van der Waals surface area (Å²) >= 11 is 5.78.